The summed E-state index contributed by atoms with van der Waals surface area (Å²) in [4.78, 5) is 0. The predicted molar refractivity (Wildman–Crippen MR) is 154 cm³/mol. The van der Waals surface area contributed by atoms with Gasteiger partial charge in [-0.1, -0.05) is 93.4 Å². The van der Waals surface area contributed by atoms with Crippen LogP contribution in [0.5, 0.6) is 0 Å². The first-order chi connectivity index (χ1) is 17.0. The first kappa shape index (κ1) is 22.9. The minimum Gasteiger partial charge on any atom is -0.157 e. The smallest absolute Gasteiger partial charge is 0.0337 e. The maximum atomic E-state index is 2.56. The van der Waals surface area contributed by atoms with Gasteiger partial charge in [0.25, 0.3) is 0 Å². The molecule has 0 N–H and O–H groups in total. The molecule has 6 rings (SSSR count). The summed E-state index contributed by atoms with van der Waals surface area (Å²) in [5.74, 6) is 0.511. The van der Waals surface area contributed by atoms with Crippen LogP contribution in [0, 0.1) is 19.8 Å². The van der Waals surface area contributed by atoms with E-state index in [1.807, 2.05) is 11.8 Å². The quantitative estimate of drug-likeness (QED) is 0.361. The Labute approximate surface area is 215 Å². The second-order valence-corrected chi connectivity index (χ2v) is 11.9. The van der Waals surface area contributed by atoms with Crippen LogP contribution in [0.4, 0.5) is 0 Å². The molecular formula is C34H36S. The standard InChI is InChI=1S/C34H36S/c1-6-7-13-25-19-18-23-11-8-17-29-31-27-15-10-14-26(22(27)3)30(35-5)20-24-12-9-16-28(21(24)2)33(31)34(25,4)32(23)29/h8-12,14-19,25,30H,6-7,13,20H2,1-5H3/t25-,30?,34+/m1/s1. The molecule has 3 aliphatic rings. The largest absolute Gasteiger partial charge is 0.157 e. The summed E-state index contributed by atoms with van der Waals surface area (Å²) in [6, 6.07) is 21.2. The van der Waals surface area contributed by atoms with E-state index >= 15 is 0 Å². The van der Waals surface area contributed by atoms with Crippen LogP contribution in [0.3, 0.4) is 0 Å². The summed E-state index contributed by atoms with van der Waals surface area (Å²) in [6.07, 6.45) is 12.0. The molecule has 0 saturated heterocycles. The van der Waals surface area contributed by atoms with E-state index < -0.39 is 0 Å². The minimum absolute atomic E-state index is 0.0187. The number of hydrogen-bond acceptors (Lipinski definition) is 1. The van der Waals surface area contributed by atoms with Gasteiger partial charge in [0.2, 0.25) is 0 Å². The summed E-state index contributed by atoms with van der Waals surface area (Å²) in [7, 11) is 0. The first-order valence-corrected chi connectivity index (χ1v) is 14.6. The third-order valence-corrected chi connectivity index (χ3v) is 10.2. The molecule has 3 aliphatic carbocycles. The molecule has 0 fully saturated rings. The van der Waals surface area contributed by atoms with Crippen LogP contribution >= 0.6 is 11.8 Å². The Morgan fingerprint density at radius 1 is 0.914 bits per heavy atom. The molecule has 178 valence electrons. The van der Waals surface area contributed by atoms with Crippen LogP contribution in [0.15, 0.2) is 60.7 Å². The van der Waals surface area contributed by atoms with E-state index in [2.05, 4.69) is 101 Å². The molecule has 35 heavy (non-hydrogen) atoms. The van der Waals surface area contributed by atoms with Gasteiger partial charge in [-0.05, 0) is 100 Å². The van der Waals surface area contributed by atoms with E-state index in [1.165, 1.54) is 69.3 Å². The van der Waals surface area contributed by atoms with E-state index in [0.29, 0.717) is 11.2 Å². The van der Waals surface area contributed by atoms with Crippen molar-refractivity contribution in [3.8, 4) is 0 Å². The van der Waals surface area contributed by atoms with Crippen LogP contribution in [0.1, 0.15) is 88.4 Å². The predicted octanol–water partition coefficient (Wildman–Crippen LogP) is 9.33. The van der Waals surface area contributed by atoms with Gasteiger partial charge in [-0.3, -0.25) is 0 Å². The van der Waals surface area contributed by atoms with Crippen molar-refractivity contribution in [3.05, 3.63) is 111 Å². The lowest BCUT2D eigenvalue weighted by Gasteiger charge is -2.41. The van der Waals surface area contributed by atoms with Crippen molar-refractivity contribution in [2.75, 3.05) is 6.26 Å². The highest BCUT2D eigenvalue weighted by atomic mass is 32.2. The van der Waals surface area contributed by atoms with Gasteiger partial charge >= 0.3 is 0 Å². The highest BCUT2D eigenvalue weighted by Gasteiger charge is 2.49. The van der Waals surface area contributed by atoms with Gasteiger partial charge in [-0.2, -0.15) is 11.8 Å². The normalized spacial score (nSPS) is 23.8. The highest BCUT2D eigenvalue weighted by molar-refractivity contribution is 7.98. The number of rotatable bonds is 4. The zero-order chi connectivity index (χ0) is 24.3. The van der Waals surface area contributed by atoms with Crippen LogP contribution in [-0.2, 0) is 11.8 Å². The molecule has 3 aromatic carbocycles. The van der Waals surface area contributed by atoms with Gasteiger partial charge in [0, 0.05) is 10.7 Å². The molecule has 0 heterocycles. The fourth-order valence-electron chi connectivity index (χ4n) is 7.27. The number of thioether (sulfide) groups is 1. The van der Waals surface area contributed by atoms with E-state index in [9.17, 15) is 0 Å². The van der Waals surface area contributed by atoms with E-state index in [-0.39, 0.29) is 5.41 Å². The zero-order valence-corrected chi connectivity index (χ0v) is 22.6. The summed E-state index contributed by atoms with van der Waals surface area (Å²) in [5.41, 5.74) is 16.3. The number of unbranched alkanes of at least 4 members (excludes halogenated alkanes) is 1. The summed E-state index contributed by atoms with van der Waals surface area (Å²) in [5, 5.41) is 0.472. The van der Waals surface area contributed by atoms with Crippen LogP contribution in [0.2, 0.25) is 0 Å². The summed E-state index contributed by atoms with van der Waals surface area (Å²) < 4.78 is 0. The van der Waals surface area contributed by atoms with E-state index in [4.69, 9.17) is 0 Å². The fraction of sp³-hybridized carbons (Fsp3) is 0.353. The average molecular weight is 477 g/mol. The summed E-state index contributed by atoms with van der Waals surface area (Å²) in [6.45, 7) is 9.63. The molecule has 0 aliphatic heterocycles. The molecule has 0 radical (unpaired) electrons. The highest BCUT2D eigenvalue weighted by Crippen LogP contribution is 2.61. The van der Waals surface area contributed by atoms with Crippen molar-refractivity contribution in [1.82, 2.24) is 0 Å². The Morgan fingerprint density at radius 2 is 1.66 bits per heavy atom. The van der Waals surface area contributed by atoms with Crippen molar-refractivity contribution < 1.29 is 0 Å². The molecule has 3 atom stereocenters. The molecule has 0 aromatic heterocycles. The van der Waals surface area contributed by atoms with Crippen molar-refractivity contribution in [3.63, 3.8) is 0 Å². The molecule has 0 nitrogen and oxygen atoms in total. The second-order valence-electron chi connectivity index (χ2n) is 10.9. The Morgan fingerprint density at radius 3 is 2.46 bits per heavy atom. The number of allylic oxidation sites excluding steroid dienone is 2. The minimum atomic E-state index is -0.0187. The van der Waals surface area contributed by atoms with Gasteiger partial charge in [0.15, 0.2) is 0 Å². The monoisotopic (exact) mass is 476 g/mol. The van der Waals surface area contributed by atoms with Crippen molar-refractivity contribution in [2.24, 2.45) is 5.92 Å². The molecule has 3 aromatic rings. The van der Waals surface area contributed by atoms with Crippen molar-refractivity contribution in [1.29, 1.82) is 0 Å². The van der Waals surface area contributed by atoms with Crippen LogP contribution in [-0.4, -0.2) is 6.26 Å². The first-order valence-electron chi connectivity index (χ1n) is 13.3. The number of benzene rings is 3. The van der Waals surface area contributed by atoms with Gasteiger partial charge in [-0.15, -0.1) is 0 Å². The summed E-state index contributed by atoms with van der Waals surface area (Å²) >= 11 is 1.99. The lowest BCUT2D eigenvalue weighted by Crippen LogP contribution is -2.34. The second kappa shape index (κ2) is 8.56. The van der Waals surface area contributed by atoms with Crippen molar-refractivity contribution in [2.45, 2.75) is 64.0 Å². The Kier molecular flexibility index (Phi) is 5.60. The molecule has 4 bridgehead atoms. The third-order valence-electron chi connectivity index (χ3n) is 9.17. The Bertz CT molecular complexity index is 1390. The lowest BCUT2D eigenvalue weighted by molar-refractivity contribution is 0.405. The average Bonchev–Trinajstić information content (AvgIpc) is 3.13. The van der Waals surface area contributed by atoms with Crippen LogP contribution in [0.25, 0.3) is 17.2 Å². The number of hydrogen-bond donors (Lipinski definition) is 0. The van der Waals surface area contributed by atoms with E-state index in [1.54, 1.807) is 11.1 Å². The van der Waals surface area contributed by atoms with E-state index in [0.717, 1.165) is 6.42 Å². The maximum absolute atomic E-state index is 2.56. The molecule has 0 spiro atoms. The third kappa shape index (κ3) is 3.20. The van der Waals surface area contributed by atoms with Gasteiger partial charge in [0.05, 0.1) is 0 Å². The molecule has 1 unspecified atom stereocenters. The fourth-order valence-corrected chi connectivity index (χ4v) is 8.13. The Hall–Kier alpha value is -2.51. The zero-order valence-electron chi connectivity index (χ0n) is 21.7. The number of fused-ring (bicyclic) bond motifs is 8. The Balaban J connectivity index is 1.76. The van der Waals surface area contributed by atoms with Crippen LogP contribution < -0.4 is 0 Å². The van der Waals surface area contributed by atoms with Gasteiger partial charge < -0.3 is 0 Å². The lowest BCUT2D eigenvalue weighted by atomic mass is 9.62. The molecule has 0 amide bonds. The maximum Gasteiger partial charge on any atom is 0.0337 e. The SMILES string of the molecule is CCCC[C@@H]1C=Cc2cccc3c2[C@@]1(C)C1=C3c2cccc(c2C)C(SC)Cc2cccc1c2C. The topological polar surface area (TPSA) is 0 Å². The van der Waals surface area contributed by atoms with Crippen molar-refractivity contribution >= 4 is 29.0 Å². The van der Waals surface area contributed by atoms with Gasteiger partial charge in [-0.25, -0.2) is 0 Å². The molecular weight excluding hydrogens is 440 g/mol. The van der Waals surface area contributed by atoms with Gasteiger partial charge in [0.1, 0.15) is 0 Å². The molecule has 0 saturated carbocycles. The molecule has 1 heteroatoms.